The molecule has 25 heavy (non-hydrogen) atoms. The second-order valence-corrected chi connectivity index (χ2v) is 6.75. The van der Waals surface area contributed by atoms with Gasteiger partial charge in [0.25, 0.3) is 5.91 Å². The first-order valence-electron chi connectivity index (χ1n) is 8.71. The van der Waals surface area contributed by atoms with Crippen LogP contribution in [0.4, 0.5) is 0 Å². The first-order valence-corrected chi connectivity index (χ1v) is 8.71. The van der Waals surface area contributed by atoms with Gasteiger partial charge in [-0.25, -0.2) is 0 Å². The summed E-state index contributed by atoms with van der Waals surface area (Å²) >= 11 is 0. The van der Waals surface area contributed by atoms with Crippen LogP contribution in [0.25, 0.3) is 0 Å². The van der Waals surface area contributed by atoms with Crippen LogP contribution in [0, 0.1) is 19.8 Å². The number of aryl methyl sites for hydroxylation is 2. The Kier molecular flexibility index (Phi) is 5.22. The highest BCUT2D eigenvalue weighted by Crippen LogP contribution is 2.22. The van der Waals surface area contributed by atoms with Crippen LogP contribution in [0.2, 0.25) is 0 Å². The number of hydrogen-bond acceptors (Lipinski definition) is 3. The highest BCUT2D eigenvalue weighted by atomic mass is 16.5. The van der Waals surface area contributed by atoms with Gasteiger partial charge in [0.15, 0.2) is 0 Å². The van der Waals surface area contributed by atoms with Gasteiger partial charge >= 0.3 is 0 Å². The van der Waals surface area contributed by atoms with E-state index in [0.29, 0.717) is 30.3 Å². The largest absolute Gasteiger partial charge is 0.493 e. The van der Waals surface area contributed by atoms with Gasteiger partial charge in [0.1, 0.15) is 5.75 Å². The molecule has 1 aromatic heterocycles. The molecule has 0 radical (unpaired) electrons. The monoisotopic (exact) mass is 340 g/mol. The number of ether oxygens (including phenoxy) is 1. The molecule has 5 nitrogen and oxygen atoms in total. The predicted octanol–water partition coefficient (Wildman–Crippen LogP) is 2.92. The number of nitrogens with one attached hydrogen (secondary N) is 1. The van der Waals surface area contributed by atoms with E-state index in [2.05, 4.69) is 4.98 Å². The predicted molar refractivity (Wildman–Crippen MR) is 97.1 cm³/mol. The maximum atomic E-state index is 12.7. The molecule has 1 N–H and O–H groups in total. The first kappa shape index (κ1) is 17.3. The molecule has 0 spiro atoms. The topological polar surface area (TPSA) is 62.4 Å². The molecular weight excluding hydrogens is 316 g/mol. The van der Waals surface area contributed by atoms with Crippen LogP contribution in [0.5, 0.6) is 5.75 Å². The summed E-state index contributed by atoms with van der Waals surface area (Å²) in [5.41, 5.74) is 2.04. The summed E-state index contributed by atoms with van der Waals surface area (Å²) in [5, 5.41) is 0. The number of amides is 1. The molecule has 0 unspecified atom stereocenters. The van der Waals surface area contributed by atoms with E-state index in [-0.39, 0.29) is 11.5 Å². The number of pyridine rings is 1. The number of carbonyl (C=O) groups excluding carboxylic acids is 1. The maximum absolute atomic E-state index is 12.7. The average molecular weight is 340 g/mol. The summed E-state index contributed by atoms with van der Waals surface area (Å²) in [6.07, 6.45) is 2.00. The summed E-state index contributed by atoms with van der Waals surface area (Å²) in [6.45, 7) is 5.81. The highest BCUT2D eigenvalue weighted by molar-refractivity contribution is 5.94. The number of carbonyl (C=O) groups is 1. The second kappa shape index (κ2) is 7.55. The summed E-state index contributed by atoms with van der Waals surface area (Å²) in [5.74, 6) is 1.13. The SMILES string of the molecule is Cc1cc(C(=O)N2CCC[C@@H](COc3ccccc3C)C2)cc(=O)[nH]1. The van der Waals surface area contributed by atoms with Gasteiger partial charge in [0.2, 0.25) is 5.56 Å². The van der Waals surface area contributed by atoms with E-state index in [1.54, 1.807) is 13.0 Å². The van der Waals surface area contributed by atoms with Crippen LogP contribution in [0.1, 0.15) is 34.5 Å². The third-order valence-corrected chi connectivity index (χ3v) is 4.60. The van der Waals surface area contributed by atoms with Crippen LogP contribution in [-0.4, -0.2) is 35.5 Å². The number of aromatic amines is 1. The highest BCUT2D eigenvalue weighted by Gasteiger charge is 2.25. The van der Waals surface area contributed by atoms with Gasteiger partial charge in [0, 0.05) is 36.3 Å². The van der Waals surface area contributed by atoms with E-state index in [1.807, 2.05) is 36.1 Å². The van der Waals surface area contributed by atoms with Crippen molar-refractivity contribution in [1.82, 2.24) is 9.88 Å². The van der Waals surface area contributed by atoms with E-state index in [9.17, 15) is 9.59 Å². The molecule has 1 fully saturated rings. The zero-order valence-electron chi connectivity index (χ0n) is 14.7. The zero-order valence-corrected chi connectivity index (χ0v) is 14.7. The van der Waals surface area contributed by atoms with Gasteiger partial charge in [-0.15, -0.1) is 0 Å². The Bertz CT molecular complexity index is 813. The van der Waals surface area contributed by atoms with Crippen molar-refractivity contribution >= 4 is 5.91 Å². The van der Waals surface area contributed by atoms with Gasteiger partial charge in [-0.3, -0.25) is 9.59 Å². The van der Waals surface area contributed by atoms with E-state index in [1.165, 1.54) is 6.07 Å². The Hall–Kier alpha value is -2.56. The third-order valence-electron chi connectivity index (χ3n) is 4.60. The molecule has 2 heterocycles. The minimum Gasteiger partial charge on any atom is -0.493 e. The molecule has 0 saturated carbocycles. The maximum Gasteiger partial charge on any atom is 0.254 e. The van der Waals surface area contributed by atoms with Gasteiger partial charge in [-0.05, 0) is 44.4 Å². The molecule has 1 saturated heterocycles. The fourth-order valence-corrected chi connectivity index (χ4v) is 3.30. The smallest absolute Gasteiger partial charge is 0.254 e. The summed E-state index contributed by atoms with van der Waals surface area (Å²) in [6, 6.07) is 11.1. The molecule has 1 aliphatic heterocycles. The lowest BCUT2D eigenvalue weighted by molar-refractivity contribution is 0.0632. The molecular formula is C20H24N2O3. The summed E-state index contributed by atoms with van der Waals surface area (Å²) in [7, 11) is 0. The molecule has 132 valence electrons. The van der Waals surface area contributed by atoms with Crippen molar-refractivity contribution in [2.75, 3.05) is 19.7 Å². The number of nitrogens with zero attached hydrogens (tertiary/aromatic N) is 1. The van der Waals surface area contributed by atoms with Crippen LogP contribution in [0.3, 0.4) is 0 Å². The van der Waals surface area contributed by atoms with Gasteiger partial charge < -0.3 is 14.6 Å². The summed E-state index contributed by atoms with van der Waals surface area (Å²) in [4.78, 5) is 28.8. The van der Waals surface area contributed by atoms with Crippen LogP contribution < -0.4 is 10.3 Å². The van der Waals surface area contributed by atoms with E-state index >= 15 is 0 Å². The fourth-order valence-electron chi connectivity index (χ4n) is 3.30. The average Bonchev–Trinajstić information content (AvgIpc) is 2.60. The number of hydrogen-bond donors (Lipinski definition) is 1. The lowest BCUT2D eigenvalue weighted by Gasteiger charge is -2.32. The number of aromatic nitrogens is 1. The van der Waals surface area contributed by atoms with Crippen molar-refractivity contribution in [3.8, 4) is 5.75 Å². The molecule has 3 rings (SSSR count). The van der Waals surface area contributed by atoms with Crippen molar-refractivity contribution in [2.24, 2.45) is 5.92 Å². The van der Waals surface area contributed by atoms with Crippen molar-refractivity contribution in [3.63, 3.8) is 0 Å². The minimum atomic E-state index is -0.236. The number of para-hydroxylation sites is 1. The molecule has 0 bridgehead atoms. The van der Waals surface area contributed by atoms with Gasteiger partial charge in [-0.2, -0.15) is 0 Å². The molecule has 1 aromatic carbocycles. The quantitative estimate of drug-likeness (QED) is 0.931. The molecule has 0 aliphatic carbocycles. The minimum absolute atomic E-state index is 0.0743. The number of rotatable bonds is 4. The molecule has 1 atom stereocenters. The Morgan fingerprint density at radius 1 is 1.28 bits per heavy atom. The van der Waals surface area contributed by atoms with Crippen molar-refractivity contribution < 1.29 is 9.53 Å². The van der Waals surface area contributed by atoms with Crippen molar-refractivity contribution in [3.05, 3.63) is 63.6 Å². The second-order valence-electron chi connectivity index (χ2n) is 6.75. The lowest BCUT2D eigenvalue weighted by Crippen LogP contribution is -2.41. The number of benzene rings is 1. The lowest BCUT2D eigenvalue weighted by atomic mass is 9.98. The van der Waals surface area contributed by atoms with Gasteiger partial charge in [0.05, 0.1) is 6.61 Å². The normalized spacial score (nSPS) is 17.4. The van der Waals surface area contributed by atoms with E-state index in [0.717, 1.165) is 30.7 Å². The number of likely N-dealkylation sites (tertiary alicyclic amines) is 1. The van der Waals surface area contributed by atoms with E-state index in [4.69, 9.17) is 4.74 Å². The molecule has 1 amide bonds. The molecule has 2 aromatic rings. The summed E-state index contributed by atoms with van der Waals surface area (Å²) < 4.78 is 5.96. The van der Waals surface area contributed by atoms with Crippen LogP contribution in [0.15, 0.2) is 41.2 Å². The third kappa shape index (κ3) is 4.29. The molecule has 5 heteroatoms. The van der Waals surface area contributed by atoms with Crippen LogP contribution >= 0.6 is 0 Å². The number of H-pyrrole nitrogens is 1. The van der Waals surface area contributed by atoms with Crippen molar-refractivity contribution in [2.45, 2.75) is 26.7 Å². The van der Waals surface area contributed by atoms with Crippen LogP contribution in [-0.2, 0) is 0 Å². The fraction of sp³-hybridized carbons (Fsp3) is 0.400. The van der Waals surface area contributed by atoms with Gasteiger partial charge in [-0.1, -0.05) is 18.2 Å². The Labute approximate surface area is 147 Å². The molecule has 1 aliphatic rings. The van der Waals surface area contributed by atoms with E-state index < -0.39 is 0 Å². The Balaban J connectivity index is 1.63. The Morgan fingerprint density at radius 3 is 2.84 bits per heavy atom. The first-order chi connectivity index (χ1) is 12.0. The number of piperidine rings is 1. The standard InChI is InChI=1S/C20H24N2O3/c1-14-6-3-4-8-18(14)25-13-16-7-5-9-22(12-16)20(24)17-10-15(2)21-19(23)11-17/h3-4,6,8,10-11,16H,5,7,9,12-13H2,1-2H3,(H,21,23)/t16-/m1/s1. The Morgan fingerprint density at radius 2 is 2.08 bits per heavy atom. The zero-order chi connectivity index (χ0) is 17.8. The van der Waals surface area contributed by atoms with Crippen molar-refractivity contribution in [1.29, 1.82) is 0 Å².